The average Bonchev–Trinajstić information content (AvgIpc) is 2.64. The summed E-state index contributed by atoms with van der Waals surface area (Å²) in [4.78, 5) is 36.2. The fourth-order valence-electron chi connectivity index (χ4n) is 3.78. The molecule has 0 radical (unpaired) electrons. The van der Waals surface area contributed by atoms with Crippen molar-refractivity contribution in [2.24, 2.45) is 0 Å². The first-order valence-electron chi connectivity index (χ1n) is 8.24. The molecule has 6 nitrogen and oxygen atoms in total. The highest BCUT2D eigenvalue weighted by Crippen LogP contribution is 2.49. The van der Waals surface area contributed by atoms with Crippen molar-refractivity contribution in [1.29, 1.82) is 0 Å². The number of hydrogen-bond donors (Lipinski definition) is 0. The number of carbonyl (C=O) groups excluding carboxylic acids is 3. The second-order valence-electron chi connectivity index (χ2n) is 6.39. The molecule has 128 valence electrons. The summed E-state index contributed by atoms with van der Waals surface area (Å²) in [6, 6.07) is 14.0. The van der Waals surface area contributed by atoms with Gasteiger partial charge in [0.05, 0.1) is 0 Å². The van der Waals surface area contributed by atoms with Gasteiger partial charge >= 0.3 is 17.9 Å². The summed E-state index contributed by atoms with van der Waals surface area (Å²) >= 11 is 0. The molecule has 0 unspecified atom stereocenters. The molecule has 0 N–H and O–H groups in total. The van der Waals surface area contributed by atoms with Gasteiger partial charge in [0.15, 0.2) is 0 Å². The average molecular weight is 356 g/mol. The van der Waals surface area contributed by atoms with E-state index in [1.165, 1.54) is 0 Å². The van der Waals surface area contributed by atoms with E-state index in [-0.39, 0.29) is 0 Å². The van der Waals surface area contributed by atoms with Gasteiger partial charge in [0.25, 0.3) is 0 Å². The van der Waals surface area contributed by atoms with Gasteiger partial charge in [-0.05, 0) is 29.8 Å². The Bertz CT molecular complexity index is 1250. The molecule has 0 aliphatic carbocycles. The molecule has 3 aliphatic heterocycles. The van der Waals surface area contributed by atoms with Gasteiger partial charge in [-0.3, -0.25) is 0 Å². The fraction of sp³-hybridized carbons (Fsp3) is 0. The van der Waals surface area contributed by atoms with Crippen LogP contribution < -0.4 is 14.2 Å². The Morgan fingerprint density at radius 2 is 0.926 bits per heavy atom. The van der Waals surface area contributed by atoms with Crippen LogP contribution in [0.5, 0.6) is 17.2 Å². The smallest absolute Gasteiger partial charge is 0.348 e. The van der Waals surface area contributed by atoms with Crippen LogP contribution in [0.2, 0.25) is 0 Å². The van der Waals surface area contributed by atoms with Crippen molar-refractivity contribution in [2.45, 2.75) is 0 Å². The van der Waals surface area contributed by atoms with E-state index in [2.05, 4.69) is 0 Å². The molecule has 0 saturated heterocycles. The summed E-state index contributed by atoms with van der Waals surface area (Å²) < 4.78 is 15.2. The second-order valence-corrected chi connectivity index (χ2v) is 6.39. The maximum Gasteiger partial charge on any atom is 0.348 e. The largest absolute Gasteiger partial charge is 0.422 e. The van der Waals surface area contributed by atoms with Crippen LogP contribution in [0.1, 0.15) is 31.1 Å². The van der Waals surface area contributed by atoms with E-state index in [0.29, 0.717) is 56.2 Å². The molecule has 0 amide bonds. The summed E-state index contributed by atoms with van der Waals surface area (Å²) in [6.45, 7) is 0. The number of rotatable bonds is 2. The number of hydrogen-bond acceptors (Lipinski definition) is 6. The first-order valence-corrected chi connectivity index (χ1v) is 8.24. The summed E-state index contributed by atoms with van der Waals surface area (Å²) in [5.74, 6) is 0.0730. The quantitative estimate of drug-likeness (QED) is 0.653. The van der Waals surface area contributed by atoms with Crippen LogP contribution >= 0.6 is 0 Å². The molecular formula is C21H8O6. The lowest BCUT2D eigenvalue weighted by Crippen LogP contribution is -2.26. The van der Waals surface area contributed by atoms with Crippen LogP contribution in [0.25, 0.3) is 22.3 Å². The van der Waals surface area contributed by atoms with Crippen molar-refractivity contribution >= 4 is 17.9 Å². The monoisotopic (exact) mass is 356 g/mol. The molecular weight excluding hydrogens is 348 g/mol. The zero-order valence-corrected chi connectivity index (χ0v) is 13.6. The maximum absolute atomic E-state index is 12.2. The zero-order valence-electron chi connectivity index (χ0n) is 13.6. The summed E-state index contributed by atoms with van der Waals surface area (Å²) in [5.41, 5.74) is 3.72. The highest BCUT2D eigenvalue weighted by molar-refractivity contribution is 6.17. The standard InChI is InChI=1S/C21H8O6/c22-19-16-9(3-1-5-12(16)25-19)10-7-8-14-18(21(24)27-14)15(10)11-4-2-6-13-17(11)20(23)26-13/h1-8H. The third-order valence-corrected chi connectivity index (χ3v) is 5.00. The third-order valence-electron chi connectivity index (χ3n) is 5.00. The highest BCUT2D eigenvalue weighted by Gasteiger charge is 2.39. The minimum Gasteiger partial charge on any atom is -0.422 e. The van der Waals surface area contributed by atoms with E-state index in [9.17, 15) is 14.4 Å². The Hall–Kier alpha value is -3.93. The molecule has 0 aromatic heterocycles. The lowest BCUT2D eigenvalue weighted by Gasteiger charge is -2.28. The van der Waals surface area contributed by atoms with E-state index >= 15 is 0 Å². The number of esters is 3. The molecule has 0 atom stereocenters. The van der Waals surface area contributed by atoms with Crippen LogP contribution in [0.4, 0.5) is 0 Å². The summed E-state index contributed by atoms with van der Waals surface area (Å²) in [7, 11) is 0. The Morgan fingerprint density at radius 1 is 0.444 bits per heavy atom. The maximum atomic E-state index is 12.2. The van der Waals surface area contributed by atoms with Gasteiger partial charge in [-0.25, -0.2) is 14.4 Å². The van der Waals surface area contributed by atoms with E-state index < -0.39 is 17.9 Å². The molecule has 3 aliphatic rings. The summed E-state index contributed by atoms with van der Waals surface area (Å²) in [6.07, 6.45) is 0. The molecule has 3 aromatic rings. The predicted molar refractivity (Wildman–Crippen MR) is 92.2 cm³/mol. The van der Waals surface area contributed by atoms with Crippen molar-refractivity contribution in [3.8, 4) is 39.5 Å². The van der Waals surface area contributed by atoms with Crippen molar-refractivity contribution in [2.75, 3.05) is 0 Å². The van der Waals surface area contributed by atoms with Gasteiger partial charge in [-0.2, -0.15) is 0 Å². The molecule has 3 heterocycles. The first-order chi connectivity index (χ1) is 13.1. The molecule has 3 aromatic carbocycles. The van der Waals surface area contributed by atoms with E-state index in [4.69, 9.17) is 14.2 Å². The van der Waals surface area contributed by atoms with Gasteiger partial charge in [-0.1, -0.05) is 24.3 Å². The van der Waals surface area contributed by atoms with Crippen LogP contribution in [0.3, 0.4) is 0 Å². The van der Waals surface area contributed by atoms with Crippen LogP contribution in [0.15, 0.2) is 48.5 Å². The number of ether oxygens (including phenoxy) is 3. The topological polar surface area (TPSA) is 78.9 Å². The minimum atomic E-state index is -0.468. The molecule has 0 fully saturated rings. The predicted octanol–water partition coefficient (Wildman–Crippen LogP) is 3.62. The SMILES string of the molecule is O=C1Oc2cccc(-c3ccc4c(c3-c3cccc5c3C(=O)O5)C(=O)O4)c21. The van der Waals surface area contributed by atoms with Crippen molar-refractivity contribution in [3.05, 3.63) is 65.2 Å². The minimum absolute atomic E-state index is 0.394. The normalized spacial score (nSPS) is 15.0. The third kappa shape index (κ3) is 1.67. The fourth-order valence-corrected chi connectivity index (χ4v) is 3.78. The molecule has 0 spiro atoms. The van der Waals surface area contributed by atoms with Crippen LogP contribution in [-0.4, -0.2) is 17.9 Å². The van der Waals surface area contributed by atoms with E-state index in [0.717, 1.165) is 0 Å². The lowest BCUT2D eigenvalue weighted by atomic mass is 9.83. The van der Waals surface area contributed by atoms with E-state index in [1.807, 2.05) is 0 Å². The summed E-state index contributed by atoms with van der Waals surface area (Å²) in [5, 5.41) is 0. The van der Waals surface area contributed by atoms with Crippen molar-refractivity contribution in [1.82, 2.24) is 0 Å². The van der Waals surface area contributed by atoms with Gasteiger partial charge in [0.2, 0.25) is 0 Å². The Labute approximate surface area is 151 Å². The zero-order chi connectivity index (χ0) is 18.3. The Balaban J connectivity index is 1.71. The molecule has 6 rings (SSSR count). The second kappa shape index (κ2) is 4.62. The van der Waals surface area contributed by atoms with Crippen LogP contribution in [-0.2, 0) is 0 Å². The van der Waals surface area contributed by atoms with Gasteiger partial charge in [-0.15, -0.1) is 0 Å². The van der Waals surface area contributed by atoms with Gasteiger partial charge in [0.1, 0.15) is 33.9 Å². The number of benzene rings is 3. The number of fused-ring (bicyclic) bond motifs is 3. The molecule has 6 heteroatoms. The van der Waals surface area contributed by atoms with Gasteiger partial charge < -0.3 is 14.2 Å². The highest BCUT2D eigenvalue weighted by atomic mass is 16.6. The Morgan fingerprint density at radius 3 is 1.52 bits per heavy atom. The molecule has 0 bridgehead atoms. The van der Waals surface area contributed by atoms with E-state index in [1.54, 1.807) is 48.5 Å². The number of carbonyl (C=O) groups is 3. The lowest BCUT2D eigenvalue weighted by molar-refractivity contribution is 0.0646. The van der Waals surface area contributed by atoms with Crippen molar-refractivity contribution < 1.29 is 28.6 Å². The van der Waals surface area contributed by atoms with Crippen LogP contribution in [0, 0.1) is 0 Å². The Kier molecular flexibility index (Phi) is 2.44. The molecule has 0 saturated carbocycles. The van der Waals surface area contributed by atoms with Gasteiger partial charge in [0, 0.05) is 16.7 Å². The van der Waals surface area contributed by atoms with Crippen molar-refractivity contribution in [3.63, 3.8) is 0 Å². The first kappa shape index (κ1) is 14.3. The molecule has 27 heavy (non-hydrogen) atoms.